The standard InChI is InChI=1S/C11H16O/c1-3-6-10-9(4-2)7-5-8-11(10)12/h3-4,11-12H,1-2,5-8H2. The Morgan fingerprint density at radius 1 is 1.50 bits per heavy atom. The van der Waals surface area contributed by atoms with Gasteiger partial charge in [-0.2, -0.15) is 0 Å². The first kappa shape index (κ1) is 9.27. The highest BCUT2D eigenvalue weighted by atomic mass is 16.3. The Balaban J connectivity index is 2.86. The van der Waals surface area contributed by atoms with E-state index >= 15 is 0 Å². The second-order valence-corrected chi connectivity index (χ2v) is 3.16. The first-order valence-corrected chi connectivity index (χ1v) is 4.43. The van der Waals surface area contributed by atoms with Gasteiger partial charge in [-0.25, -0.2) is 0 Å². The van der Waals surface area contributed by atoms with Gasteiger partial charge in [0.15, 0.2) is 0 Å². The lowest BCUT2D eigenvalue weighted by atomic mass is 9.87. The van der Waals surface area contributed by atoms with Crippen molar-refractivity contribution in [3.05, 3.63) is 36.5 Å². The van der Waals surface area contributed by atoms with Crippen LogP contribution < -0.4 is 0 Å². The Morgan fingerprint density at radius 3 is 2.83 bits per heavy atom. The lowest BCUT2D eigenvalue weighted by molar-refractivity contribution is 0.187. The van der Waals surface area contributed by atoms with Gasteiger partial charge in [-0.1, -0.05) is 18.7 Å². The maximum Gasteiger partial charge on any atom is 0.0758 e. The predicted octanol–water partition coefficient (Wildman–Crippen LogP) is 2.59. The molecule has 0 aromatic heterocycles. The molecule has 1 atom stereocenters. The average molecular weight is 164 g/mol. The van der Waals surface area contributed by atoms with Crippen molar-refractivity contribution in [1.29, 1.82) is 0 Å². The minimum Gasteiger partial charge on any atom is -0.389 e. The van der Waals surface area contributed by atoms with Crippen LogP contribution in [0, 0.1) is 0 Å². The van der Waals surface area contributed by atoms with E-state index in [-0.39, 0.29) is 6.10 Å². The molecule has 1 N–H and O–H groups in total. The van der Waals surface area contributed by atoms with Crippen LogP contribution in [0.5, 0.6) is 0 Å². The van der Waals surface area contributed by atoms with Gasteiger partial charge in [0.05, 0.1) is 6.10 Å². The molecule has 1 unspecified atom stereocenters. The average Bonchev–Trinajstić information content (AvgIpc) is 2.09. The van der Waals surface area contributed by atoms with Crippen LogP contribution in [0.25, 0.3) is 0 Å². The zero-order valence-electron chi connectivity index (χ0n) is 7.42. The second kappa shape index (κ2) is 4.27. The molecule has 0 radical (unpaired) electrons. The quantitative estimate of drug-likeness (QED) is 0.636. The molecule has 1 aliphatic carbocycles. The van der Waals surface area contributed by atoms with Gasteiger partial charge in [0.1, 0.15) is 0 Å². The fraction of sp³-hybridized carbons (Fsp3) is 0.455. The lowest BCUT2D eigenvalue weighted by Gasteiger charge is -2.22. The summed E-state index contributed by atoms with van der Waals surface area (Å²) in [5.41, 5.74) is 2.33. The fourth-order valence-corrected chi connectivity index (χ4v) is 1.69. The van der Waals surface area contributed by atoms with Crippen LogP contribution in [-0.4, -0.2) is 11.2 Å². The zero-order valence-corrected chi connectivity index (χ0v) is 7.42. The molecular weight excluding hydrogens is 148 g/mol. The van der Waals surface area contributed by atoms with E-state index in [9.17, 15) is 5.11 Å². The van der Waals surface area contributed by atoms with E-state index in [0.717, 1.165) is 31.3 Å². The predicted molar refractivity (Wildman–Crippen MR) is 51.9 cm³/mol. The molecule has 0 amide bonds. The second-order valence-electron chi connectivity index (χ2n) is 3.16. The third-order valence-corrected chi connectivity index (χ3v) is 2.35. The van der Waals surface area contributed by atoms with Crippen molar-refractivity contribution in [2.24, 2.45) is 0 Å². The summed E-state index contributed by atoms with van der Waals surface area (Å²) in [4.78, 5) is 0. The van der Waals surface area contributed by atoms with Gasteiger partial charge in [0.25, 0.3) is 0 Å². The highest BCUT2D eigenvalue weighted by Crippen LogP contribution is 2.27. The minimum atomic E-state index is -0.259. The lowest BCUT2D eigenvalue weighted by Crippen LogP contribution is -2.16. The van der Waals surface area contributed by atoms with Gasteiger partial charge >= 0.3 is 0 Å². The normalized spacial score (nSPS) is 23.9. The fourth-order valence-electron chi connectivity index (χ4n) is 1.69. The highest BCUT2D eigenvalue weighted by Gasteiger charge is 2.17. The topological polar surface area (TPSA) is 20.2 Å². The summed E-state index contributed by atoms with van der Waals surface area (Å²) in [7, 11) is 0. The molecule has 12 heavy (non-hydrogen) atoms. The van der Waals surface area contributed by atoms with Crippen molar-refractivity contribution < 1.29 is 5.11 Å². The Morgan fingerprint density at radius 2 is 2.25 bits per heavy atom. The van der Waals surface area contributed by atoms with E-state index in [1.165, 1.54) is 5.57 Å². The maximum absolute atomic E-state index is 9.65. The molecule has 66 valence electrons. The largest absolute Gasteiger partial charge is 0.389 e. The molecule has 0 aromatic rings. The molecular formula is C11H16O. The summed E-state index contributed by atoms with van der Waals surface area (Å²) in [6, 6.07) is 0. The Hall–Kier alpha value is -0.820. The molecule has 0 spiro atoms. The van der Waals surface area contributed by atoms with Crippen molar-refractivity contribution in [3.63, 3.8) is 0 Å². The summed E-state index contributed by atoms with van der Waals surface area (Å²) in [6.07, 6.45) is 7.26. The number of allylic oxidation sites excluding steroid dienone is 3. The maximum atomic E-state index is 9.65. The van der Waals surface area contributed by atoms with Crippen LogP contribution in [0.4, 0.5) is 0 Å². The molecule has 0 fully saturated rings. The molecule has 1 aliphatic rings. The molecule has 0 saturated heterocycles. The number of hydrogen-bond acceptors (Lipinski definition) is 1. The van der Waals surface area contributed by atoms with Crippen LogP contribution in [0.15, 0.2) is 36.5 Å². The van der Waals surface area contributed by atoms with Gasteiger partial charge in [-0.15, -0.1) is 6.58 Å². The zero-order chi connectivity index (χ0) is 8.97. The molecule has 0 bridgehead atoms. The third-order valence-electron chi connectivity index (χ3n) is 2.35. The van der Waals surface area contributed by atoms with Gasteiger partial charge < -0.3 is 5.11 Å². The third kappa shape index (κ3) is 1.86. The summed E-state index contributed by atoms with van der Waals surface area (Å²) in [5, 5.41) is 9.65. The Labute approximate surface area is 74.1 Å². The molecule has 1 nitrogen and oxygen atoms in total. The van der Waals surface area contributed by atoms with Crippen molar-refractivity contribution in [3.8, 4) is 0 Å². The monoisotopic (exact) mass is 164 g/mol. The van der Waals surface area contributed by atoms with Gasteiger partial charge in [-0.3, -0.25) is 0 Å². The molecule has 0 saturated carbocycles. The summed E-state index contributed by atoms with van der Waals surface area (Å²) in [5.74, 6) is 0. The van der Waals surface area contributed by atoms with Crippen molar-refractivity contribution in [2.75, 3.05) is 0 Å². The van der Waals surface area contributed by atoms with E-state index in [1.807, 2.05) is 12.2 Å². The number of hydrogen-bond donors (Lipinski definition) is 1. The van der Waals surface area contributed by atoms with E-state index in [1.54, 1.807) is 0 Å². The molecule has 0 aromatic carbocycles. The van der Waals surface area contributed by atoms with E-state index < -0.39 is 0 Å². The summed E-state index contributed by atoms with van der Waals surface area (Å²) >= 11 is 0. The molecule has 1 rings (SSSR count). The van der Waals surface area contributed by atoms with Crippen LogP contribution >= 0.6 is 0 Å². The first-order chi connectivity index (χ1) is 5.79. The number of aliphatic hydroxyl groups is 1. The van der Waals surface area contributed by atoms with Crippen molar-refractivity contribution in [1.82, 2.24) is 0 Å². The molecule has 1 heteroatoms. The summed E-state index contributed by atoms with van der Waals surface area (Å²) < 4.78 is 0. The van der Waals surface area contributed by atoms with Crippen LogP contribution in [0.1, 0.15) is 25.7 Å². The van der Waals surface area contributed by atoms with Crippen LogP contribution in [0.3, 0.4) is 0 Å². The van der Waals surface area contributed by atoms with Crippen LogP contribution in [-0.2, 0) is 0 Å². The first-order valence-electron chi connectivity index (χ1n) is 4.43. The highest BCUT2D eigenvalue weighted by molar-refractivity contribution is 5.30. The SMILES string of the molecule is C=CCC1=C(C=C)CCCC1O. The number of rotatable bonds is 3. The van der Waals surface area contributed by atoms with E-state index in [4.69, 9.17) is 0 Å². The minimum absolute atomic E-state index is 0.259. The smallest absolute Gasteiger partial charge is 0.0758 e. The molecule has 0 aliphatic heterocycles. The van der Waals surface area contributed by atoms with Gasteiger partial charge in [0, 0.05) is 0 Å². The molecule has 0 heterocycles. The Kier molecular flexibility index (Phi) is 3.30. The van der Waals surface area contributed by atoms with Crippen molar-refractivity contribution in [2.45, 2.75) is 31.8 Å². The van der Waals surface area contributed by atoms with Crippen molar-refractivity contribution >= 4 is 0 Å². The van der Waals surface area contributed by atoms with E-state index in [2.05, 4.69) is 13.2 Å². The van der Waals surface area contributed by atoms with E-state index in [0.29, 0.717) is 0 Å². The summed E-state index contributed by atoms with van der Waals surface area (Å²) in [6.45, 7) is 7.43. The van der Waals surface area contributed by atoms with Gasteiger partial charge in [0.2, 0.25) is 0 Å². The Bertz CT molecular complexity index is 213. The van der Waals surface area contributed by atoms with Gasteiger partial charge in [-0.05, 0) is 36.8 Å². The van der Waals surface area contributed by atoms with Crippen LogP contribution in [0.2, 0.25) is 0 Å². The number of aliphatic hydroxyl groups excluding tert-OH is 1.